The van der Waals surface area contributed by atoms with Crippen molar-refractivity contribution in [2.75, 3.05) is 0 Å². The Bertz CT molecular complexity index is 948. The van der Waals surface area contributed by atoms with E-state index >= 15 is 0 Å². The molecule has 0 aliphatic heterocycles. The molecule has 0 amide bonds. The Morgan fingerprint density at radius 1 is 0.771 bits per heavy atom. The third-order valence-corrected chi connectivity index (χ3v) is 8.58. The lowest BCUT2D eigenvalue weighted by molar-refractivity contribution is 0.176. The van der Waals surface area contributed by atoms with E-state index in [1.54, 1.807) is 25.1 Å². The van der Waals surface area contributed by atoms with Crippen LogP contribution in [0.15, 0.2) is 48.7 Å². The van der Waals surface area contributed by atoms with Crippen molar-refractivity contribution in [3.8, 4) is 5.75 Å². The van der Waals surface area contributed by atoms with Crippen LogP contribution in [0.5, 0.6) is 5.75 Å². The van der Waals surface area contributed by atoms with Crippen LogP contribution in [0.4, 0.5) is 8.78 Å². The van der Waals surface area contributed by atoms with Crippen molar-refractivity contribution < 1.29 is 13.5 Å². The first-order valence-corrected chi connectivity index (χ1v) is 13.9. The van der Waals surface area contributed by atoms with Gasteiger partial charge in [-0.2, -0.15) is 4.39 Å². The average molecular weight is 481 g/mol. The van der Waals surface area contributed by atoms with Crippen molar-refractivity contribution in [2.24, 2.45) is 11.8 Å². The summed E-state index contributed by atoms with van der Waals surface area (Å²) in [4.78, 5) is 0. The topological polar surface area (TPSA) is 9.23 Å². The number of allylic oxidation sites excluding steroid dienone is 1. The summed E-state index contributed by atoms with van der Waals surface area (Å²) in [6, 6.07) is 12.7. The van der Waals surface area contributed by atoms with Crippen LogP contribution >= 0.6 is 0 Å². The first-order chi connectivity index (χ1) is 17.1. The van der Waals surface area contributed by atoms with E-state index in [-0.39, 0.29) is 11.7 Å². The first kappa shape index (κ1) is 25.9. The van der Waals surface area contributed by atoms with Gasteiger partial charge in [-0.05, 0) is 118 Å². The second-order valence-electron chi connectivity index (χ2n) is 10.8. The van der Waals surface area contributed by atoms with Crippen molar-refractivity contribution in [3.05, 3.63) is 77.1 Å². The number of rotatable bonds is 9. The maximum atomic E-state index is 14.8. The Labute approximate surface area is 211 Å². The van der Waals surface area contributed by atoms with Crippen LogP contribution in [0.25, 0.3) is 0 Å². The molecule has 0 aromatic heterocycles. The van der Waals surface area contributed by atoms with E-state index in [9.17, 15) is 8.78 Å². The molecule has 2 aliphatic rings. The van der Waals surface area contributed by atoms with Crippen molar-refractivity contribution in [2.45, 2.75) is 103 Å². The van der Waals surface area contributed by atoms with Crippen molar-refractivity contribution in [3.63, 3.8) is 0 Å². The maximum absolute atomic E-state index is 14.8. The Kier molecular flexibility index (Phi) is 9.40. The summed E-state index contributed by atoms with van der Waals surface area (Å²) in [5, 5.41) is 0. The van der Waals surface area contributed by atoms with Gasteiger partial charge in [-0.15, -0.1) is 0 Å². The van der Waals surface area contributed by atoms with Crippen molar-refractivity contribution >= 4 is 0 Å². The Morgan fingerprint density at radius 3 is 2.00 bits per heavy atom. The monoisotopic (exact) mass is 480 g/mol. The summed E-state index contributed by atoms with van der Waals surface area (Å²) in [7, 11) is 0. The predicted octanol–water partition coefficient (Wildman–Crippen LogP) is 9.86. The fourth-order valence-electron chi connectivity index (χ4n) is 6.46. The van der Waals surface area contributed by atoms with E-state index in [1.165, 1.54) is 68.8 Å². The van der Waals surface area contributed by atoms with Gasteiger partial charge in [-0.3, -0.25) is 0 Å². The van der Waals surface area contributed by atoms with Gasteiger partial charge in [0, 0.05) is 0 Å². The predicted molar refractivity (Wildman–Crippen MR) is 141 cm³/mol. The number of hydrogen-bond donors (Lipinski definition) is 0. The van der Waals surface area contributed by atoms with Gasteiger partial charge in [0.25, 0.3) is 0 Å². The Hall–Kier alpha value is -2.16. The number of halogens is 2. The molecule has 0 bridgehead atoms. The number of benzene rings is 2. The summed E-state index contributed by atoms with van der Waals surface area (Å²) >= 11 is 0. The fourth-order valence-corrected chi connectivity index (χ4v) is 6.46. The van der Waals surface area contributed by atoms with Crippen LogP contribution in [0.3, 0.4) is 0 Å². The molecule has 2 fully saturated rings. The first-order valence-electron chi connectivity index (χ1n) is 13.9. The summed E-state index contributed by atoms with van der Waals surface area (Å²) in [5.74, 6) is 0.705. The van der Waals surface area contributed by atoms with Gasteiger partial charge in [-0.1, -0.05) is 56.2 Å². The molecule has 0 radical (unpaired) electrons. The summed E-state index contributed by atoms with van der Waals surface area (Å²) in [6.45, 7) is 4.03. The van der Waals surface area contributed by atoms with Crippen LogP contribution in [-0.2, 0) is 6.42 Å². The van der Waals surface area contributed by atoms with Gasteiger partial charge in [0.15, 0.2) is 11.6 Å². The standard InChI is InChI=1S/C32H42F2O/c1-3-5-6-7-23-8-10-24(11-9-23)25-12-14-26(15-13-25)27-16-18-28(19-17-27)29-20-21-30(35-22-4-2)32(34)31(29)33/h4,8-11,20-22,25-28H,3,5-7,12-19H2,1-2H3/b22-4+. The fraction of sp³-hybridized carbons (Fsp3) is 0.562. The molecule has 0 heterocycles. The van der Waals surface area contributed by atoms with Gasteiger partial charge < -0.3 is 4.74 Å². The molecule has 0 unspecified atom stereocenters. The summed E-state index contributed by atoms with van der Waals surface area (Å²) < 4.78 is 34.4. The minimum absolute atomic E-state index is 0.0408. The summed E-state index contributed by atoms with van der Waals surface area (Å²) in [5.41, 5.74) is 3.52. The van der Waals surface area contributed by atoms with E-state index in [0.717, 1.165) is 37.5 Å². The van der Waals surface area contributed by atoms with Gasteiger partial charge in [0.1, 0.15) is 0 Å². The highest BCUT2D eigenvalue weighted by atomic mass is 19.2. The van der Waals surface area contributed by atoms with Gasteiger partial charge >= 0.3 is 0 Å². The van der Waals surface area contributed by atoms with Gasteiger partial charge in [-0.25, -0.2) is 4.39 Å². The molecule has 3 heteroatoms. The number of aryl methyl sites for hydroxylation is 1. The van der Waals surface area contributed by atoms with Gasteiger partial charge in [0.2, 0.25) is 5.82 Å². The molecule has 0 atom stereocenters. The Morgan fingerprint density at radius 2 is 1.40 bits per heavy atom. The van der Waals surface area contributed by atoms with Crippen LogP contribution in [0.2, 0.25) is 0 Å². The highest BCUT2D eigenvalue weighted by Crippen LogP contribution is 2.46. The smallest absolute Gasteiger partial charge is 0.201 e. The SMILES string of the molecule is C/C=C/Oc1ccc(C2CCC(C3CCC(c4ccc(CCCCC)cc4)CC3)CC2)c(F)c1F. The molecule has 1 nitrogen and oxygen atoms in total. The van der Waals surface area contributed by atoms with Crippen LogP contribution in [-0.4, -0.2) is 0 Å². The van der Waals surface area contributed by atoms with E-state index in [0.29, 0.717) is 11.5 Å². The Balaban J connectivity index is 1.26. The molecule has 190 valence electrons. The van der Waals surface area contributed by atoms with Gasteiger partial charge in [0.05, 0.1) is 6.26 Å². The lowest BCUT2D eigenvalue weighted by atomic mass is 9.67. The average Bonchev–Trinajstić information content (AvgIpc) is 2.90. The molecule has 0 spiro atoms. The zero-order valence-electron chi connectivity index (χ0n) is 21.6. The van der Waals surface area contributed by atoms with E-state index < -0.39 is 11.6 Å². The molecule has 2 saturated carbocycles. The highest BCUT2D eigenvalue weighted by molar-refractivity contribution is 5.34. The van der Waals surface area contributed by atoms with Crippen LogP contribution in [0, 0.1) is 23.5 Å². The second-order valence-corrected chi connectivity index (χ2v) is 10.8. The molecule has 0 N–H and O–H groups in total. The molecule has 0 saturated heterocycles. The quantitative estimate of drug-likeness (QED) is 0.256. The largest absolute Gasteiger partial charge is 0.462 e. The minimum Gasteiger partial charge on any atom is -0.462 e. The minimum atomic E-state index is -0.866. The second kappa shape index (κ2) is 12.7. The van der Waals surface area contributed by atoms with E-state index in [2.05, 4.69) is 31.2 Å². The van der Waals surface area contributed by atoms with Crippen LogP contribution < -0.4 is 4.74 Å². The number of hydrogen-bond acceptors (Lipinski definition) is 1. The van der Waals surface area contributed by atoms with E-state index in [4.69, 9.17) is 4.74 Å². The molecule has 2 aliphatic carbocycles. The molecular formula is C32H42F2O. The number of unbranched alkanes of at least 4 members (excludes halogenated alkanes) is 2. The number of ether oxygens (including phenoxy) is 1. The van der Waals surface area contributed by atoms with Crippen LogP contribution in [0.1, 0.15) is 113 Å². The third kappa shape index (κ3) is 6.54. The summed E-state index contributed by atoms with van der Waals surface area (Å²) in [6.07, 6.45) is 17.5. The lowest BCUT2D eigenvalue weighted by Crippen LogP contribution is -2.25. The normalized spacial score (nSPS) is 25.1. The third-order valence-electron chi connectivity index (χ3n) is 8.58. The van der Waals surface area contributed by atoms with Crippen molar-refractivity contribution in [1.29, 1.82) is 0 Å². The highest BCUT2D eigenvalue weighted by Gasteiger charge is 2.33. The zero-order chi connectivity index (χ0) is 24.6. The molecule has 35 heavy (non-hydrogen) atoms. The lowest BCUT2D eigenvalue weighted by Gasteiger charge is -2.38. The maximum Gasteiger partial charge on any atom is 0.201 e. The molecule has 2 aromatic rings. The van der Waals surface area contributed by atoms with Crippen molar-refractivity contribution in [1.82, 2.24) is 0 Å². The molecule has 4 rings (SSSR count). The van der Waals surface area contributed by atoms with E-state index in [1.807, 2.05) is 0 Å². The zero-order valence-corrected chi connectivity index (χ0v) is 21.6. The molecular weight excluding hydrogens is 438 g/mol. The molecule has 2 aromatic carbocycles.